The Balaban J connectivity index is 1.48. The Hall–Kier alpha value is -4.11. The Morgan fingerprint density at radius 1 is 0.812 bits per heavy atom. The number of anilines is 1. The molecule has 0 unspecified atom stereocenters. The fourth-order valence-electron chi connectivity index (χ4n) is 3.78. The van der Waals surface area contributed by atoms with Crippen molar-refractivity contribution in [2.45, 2.75) is 0 Å². The number of rotatable bonds is 4. The number of benzene rings is 1. The summed E-state index contributed by atoms with van der Waals surface area (Å²) in [5, 5.41) is 8.97. The predicted octanol–water partition coefficient (Wildman–Crippen LogP) is 3.34. The number of aromatic nitrogens is 6. The molecule has 1 saturated heterocycles. The molecule has 4 aromatic heterocycles. The minimum atomic E-state index is 0.368. The van der Waals surface area contributed by atoms with Crippen LogP contribution in [-0.4, -0.2) is 56.0 Å². The largest absolute Gasteiger partial charge is 0.378 e. The van der Waals surface area contributed by atoms with Crippen molar-refractivity contribution in [1.29, 1.82) is 0 Å². The molecular formula is C23H19N7O2. The Morgan fingerprint density at radius 3 is 2.44 bits per heavy atom. The molecule has 0 amide bonds. The van der Waals surface area contributed by atoms with Crippen molar-refractivity contribution >= 4 is 11.5 Å². The van der Waals surface area contributed by atoms with Crippen LogP contribution in [0.3, 0.4) is 0 Å². The summed E-state index contributed by atoms with van der Waals surface area (Å²) in [6.07, 6.45) is 3.51. The molecule has 5 aromatic rings. The van der Waals surface area contributed by atoms with Crippen LogP contribution in [-0.2, 0) is 4.74 Å². The van der Waals surface area contributed by atoms with Crippen LogP contribution in [0.25, 0.3) is 39.9 Å². The lowest BCUT2D eigenvalue weighted by molar-refractivity contribution is 0.122. The van der Waals surface area contributed by atoms with Gasteiger partial charge >= 0.3 is 0 Å². The summed E-state index contributed by atoms with van der Waals surface area (Å²) < 4.78 is 13.0. The minimum Gasteiger partial charge on any atom is -0.378 e. The Morgan fingerprint density at radius 2 is 1.62 bits per heavy atom. The van der Waals surface area contributed by atoms with Gasteiger partial charge in [0.05, 0.1) is 18.9 Å². The standard InChI is InChI=1S/C23H19N7O2/c1-2-4-17(5-3-1)22-26-23(32-28-22)19-15-21(29-10-12-31-13-11-29)30-20(25-19)14-18(27-30)16-6-8-24-9-7-16/h1-9,14-15H,10-13H2. The first-order valence-corrected chi connectivity index (χ1v) is 10.4. The normalized spacial score (nSPS) is 14.2. The van der Waals surface area contributed by atoms with Gasteiger partial charge in [0.15, 0.2) is 5.65 Å². The third-order valence-corrected chi connectivity index (χ3v) is 5.40. The monoisotopic (exact) mass is 425 g/mol. The highest BCUT2D eigenvalue weighted by atomic mass is 16.5. The van der Waals surface area contributed by atoms with Gasteiger partial charge in [0.25, 0.3) is 5.89 Å². The zero-order chi connectivity index (χ0) is 21.3. The lowest BCUT2D eigenvalue weighted by Crippen LogP contribution is -2.37. The van der Waals surface area contributed by atoms with Crippen molar-refractivity contribution in [3.05, 3.63) is 67.0 Å². The Bertz CT molecular complexity index is 1360. The molecule has 0 aliphatic carbocycles. The van der Waals surface area contributed by atoms with Gasteiger partial charge in [0.2, 0.25) is 5.82 Å². The first-order valence-electron chi connectivity index (χ1n) is 10.4. The van der Waals surface area contributed by atoms with Gasteiger partial charge in [0, 0.05) is 48.7 Å². The van der Waals surface area contributed by atoms with Gasteiger partial charge in [-0.25, -0.2) is 4.98 Å². The molecule has 0 bridgehead atoms. The van der Waals surface area contributed by atoms with Gasteiger partial charge in [-0.15, -0.1) is 0 Å². The molecule has 9 nitrogen and oxygen atoms in total. The van der Waals surface area contributed by atoms with Crippen LogP contribution in [0.2, 0.25) is 0 Å². The fraction of sp³-hybridized carbons (Fsp3) is 0.174. The maximum Gasteiger partial charge on any atom is 0.277 e. The van der Waals surface area contributed by atoms with Gasteiger partial charge in [0.1, 0.15) is 11.5 Å². The van der Waals surface area contributed by atoms with E-state index in [0.29, 0.717) is 36.3 Å². The van der Waals surface area contributed by atoms with Crippen LogP contribution in [0.5, 0.6) is 0 Å². The van der Waals surface area contributed by atoms with E-state index in [4.69, 9.17) is 19.3 Å². The van der Waals surface area contributed by atoms with Crippen LogP contribution in [0.15, 0.2) is 71.5 Å². The zero-order valence-corrected chi connectivity index (χ0v) is 17.1. The summed E-state index contributed by atoms with van der Waals surface area (Å²) in [6.45, 7) is 2.86. The van der Waals surface area contributed by atoms with Crippen LogP contribution in [0.4, 0.5) is 5.82 Å². The summed E-state index contributed by atoms with van der Waals surface area (Å²) in [5.74, 6) is 1.81. The van der Waals surface area contributed by atoms with Crippen LogP contribution < -0.4 is 4.90 Å². The van der Waals surface area contributed by atoms with Gasteiger partial charge in [-0.05, 0) is 12.1 Å². The molecule has 1 aromatic carbocycles. The lowest BCUT2D eigenvalue weighted by Gasteiger charge is -2.28. The third-order valence-electron chi connectivity index (χ3n) is 5.40. The molecule has 1 fully saturated rings. The molecule has 5 heterocycles. The van der Waals surface area contributed by atoms with Crippen molar-refractivity contribution in [2.75, 3.05) is 31.2 Å². The number of pyridine rings is 1. The van der Waals surface area contributed by atoms with Crippen molar-refractivity contribution in [3.8, 4) is 34.2 Å². The first-order chi connectivity index (χ1) is 15.8. The van der Waals surface area contributed by atoms with Gasteiger partial charge in [-0.1, -0.05) is 35.5 Å². The lowest BCUT2D eigenvalue weighted by atomic mass is 10.2. The maximum absolute atomic E-state index is 5.58. The summed E-state index contributed by atoms with van der Waals surface area (Å²) in [4.78, 5) is 15.7. The number of morpholine rings is 1. The number of nitrogens with zero attached hydrogens (tertiary/aromatic N) is 7. The van der Waals surface area contributed by atoms with E-state index >= 15 is 0 Å². The third kappa shape index (κ3) is 3.38. The highest BCUT2D eigenvalue weighted by Gasteiger charge is 2.21. The van der Waals surface area contributed by atoms with Crippen LogP contribution in [0, 0.1) is 0 Å². The topological polar surface area (TPSA) is 94.5 Å². The summed E-state index contributed by atoms with van der Waals surface area (Å²) in [6, 6.07) is 17.5. The molecule has 1 aliphatic rings. The van der Waals surface area contributed by atoms with Crippen LogP contribution in [0.1, 0.15) is 0 Å². The molecule has 9 heteroatoms. The molecule has 1 aliphatic heterocycles. The zero-order valence-electron chi connectivity index (χ0n) is 17.1. The highest BCUT2D eigenvalue weighted by molar-refractivity contribution is 5.69. The molecular weight excluding hydrogens is 406 g/mol. The number of hydrogen-bond acceptors (Lipinski definition) is 8. The summed E-state index contributed by atoms with van der Waals surface area (Å²) >= 11 is 0. The summed E-state index contributed by atoms with van der Waals surface area (Å²) in [5.41, 5.74) is 4.00. The van der Waals surface area contributed by atoms with Crippen molar-refractivity contribution in [2.24, 2.45) is 0 Å². The van der Waals surface area contributed by atoms with Gasteiger partial charge in [-0.2, -0.15) is 14.6 Å². The molecule has 0 atom stereocenters. The maximum atomic E-state index is 5.58. The van der Waals surface area contributed by atoms with E-state index in [1.807, 2.05) is 59.1 Å². The predicted molar refractivity (Wildman–Crippen MR) is 118 cm³/mol. The van der Waals surface area contributed by atoms with Gasteiger partial charge < -0.3 is 14.2 Å². The fourth-order valence-corrected chi connectivity index (χ4v) is 3.78. The molecule has 0 N–H and O–H groups in total. The van der Waals surface area contributed by atoms with E-state index in [1.54, 1.807) is 12.4 Å². The van der Waals surface area contributed by atoms with E-state index in [2.05, 4.69) is 20.0 Å². The number of fused-ring (bicyclic) bond motifs is 1. The number of hydrogen-bond donors (Lipinski definition) is 0. The average molecular weight is 425 g/mol. The minimum absolute atomic E-state index is 0.368. The highest BCUT2D eigenvalue weighted by Crippen LogP contribution is 2.28. The van der Waals surface area contributed by atoms with Crippen LogP contribution >= 0.6 is 0 Å². The smallest absolute Gasteiger partial charge is 0.277 e. The van der Waals surface area contributed by atoms with E-state index in [-0.39, 0.29) is 0 Å². The number of ether oxygens (including phenoxy) is 1. The molecule has 0 radical (unpaired) electrons. The second-order valence-corrected chi connectivity index (χ2v) is 7.42. The van der Waals surface area contributed by atoms with Gasteiger partial charge in [-0.3, -0.25) is 4.98 Å². The summed E-state index contributed by atoms with van der Waals surface area (Å²) in [7, 11) is 0. The first kappa shape index (κ1) is 18.6. The van der Waals surface area contributed by atoms with E-state index in [9.17, 15) is 0 Å². The quantitative estimate of drug-likeness (QED) is 0.433. The molecule has 32 heavy (non-hydrogen) atoms. The second kappa shape index (κ2) is 7.86. The molecule has 0 saturated carbocycles. The van der Waals surface area contributed by atoms with E-state index < -0.39 is 0 Å². The Labute approximate surface area is 183 Å². The average Bonchev–Trinajstić information content (AvgIpc) is 3.53. The van der Waals surface area contributed by atoms with Crippen molar-refractivity contribution in [1.82, 2.24) is 29.7 Å². The molecule has 0 spiro atoms. The van der Waals surface area contributed by atoms with Crippen molar-refractivity contribution < 1.29 is 9.26 Å². The van der Waals surface area contributed by atoms with E-state index in [1.165, 1.54) is 0 Å². The van der Waals surface area contributed by atoms with E-state index in [0.717, 1.165) is 35.7 Å². The van der Waals surface area contributed by atoms with Crippen molar-refractivity contribution in [3.63, 3.8) is 0 Å². The second-order valence-electron chi connectivity index (χ2n) is 7.42. The molecule has 158 valence electrons. The Kier molecular flexibility index (Phi) is 4.58. The molecule has 6 rings (SSSR count). The SMILES string of the molecule is c1ccc(-c2noc(-c3cc(N4CCOCC4)n4nc(-c5ccncc5)cc4n3)n2)cc1.